The maximum absolute atomic E-state index is 12.4. The molecule has 0 unspecified atom stereocenters. The highest BCUT2D eigenvalue weighted by atomic mass is 16.6. The fourth-order valence-corrected chi connectivity index (χ4v) is 2.25. The second-order valence-electron chi connectivity index (χ2n) is 5.12. The first-order valence-electron chi connectivity index (χ1n) is 7.47. The van der Waals surface area contributed by atoms with E-state index in [1.54, 1.807) is 18.2 Å². The molecular weight excluding hydrogens is 308 g/mol. The van der Waals surface area contributed by atoms with Gasteiger partial charge in [0.15, 0.2) is 0 Å². The lowest BCUT2D eigenvalue weighted by Crippen LogP contribution is -2.31. The molecule has 2 rings (SSSR count). The van der Waals surface area contributed by atoms with Crippen molar-refractivity contribution in [2.24, 2.45) is 0 Å². The van der Waals surface area contributed by atoms with Gasteiger partial charge in [0.2, 0.25) is 5.91 Å². The highest BCUT2D eigenvalue weighted by molar-refractivity contribution is 5.92. The van der Waals surface area contributed by atoms with Gasteiger partial charge < -0.3 is 10.0 Å². The molecule has 6 heteroatoms. The summed E-state index contributed by atoms with van der Waals surface area (Å²) in [5.74, 6) is -0.314. The Hall–Kier alpha value is -2.99. The van der Waals surface area contributed by atoms with Crippen molar-refractivity contribution in [2.75, 3.05) is 13.2 Å². The van der Waals surface area contributed by atoms with Crippen molar-refractivity contribution in [2.45, 2.75) is 6.54 Å². The first kappa shape index (κ1) is 17.4. The zero-order valence-electron chi connectivity index (χ0n) is 13.0. The van der Waals surface area contributed by atoms with E-state index < -0.39 is 4.92 Å². The second kappa shape index (κ2) is 8.59. The summed E-state index contributed by atoms with van der Waals surface area (Å²) >= 11 is 0. The summed E-state index contributed by atoms with van der Waals surface area (Å²) in [5, 5.41) is 20.1. The largest absolute Gasteiger partial charge is 0.395 e. The molecule has 0 aliphatic heterocycles. The Bertz CT molecular complexity index is 729. The lowest BCUT2D eigenvalue weighted by atomic mass is 10.1. The van der Waals surface area contributed by atoms with Gasteiger partial charge in [0, 0.05) is 25.2 Å². The van der Waals surface area contributed by atoms with E-state index in [0.29, 0.717) is 12.1 Å². The quantitative estimate of drug-likeness (QED) is 0.481. The Morgan fingerprint density at radius 3 is 2.46 bits per heavy atom. The number of rotatable bonds is 7. The number of nitrogens with zero attached hydrogens (tertiary/aromatic N) is 2. The lowest BCUT2D eigenvalue weighted by Gasteiger charge is -2.20. The molecule has 1 amide bonds. The van der Waals surface area contributed by atoms with Gasteiger partial charge >= 0.3 is 0 Å². The summed E-state index contributed by atoms with van der Waals surface area (Å²) in [4.78, 5) is 24.3. The Kier molecular flexibility index (Phi) is 6.22. The molecule has 0 heterocycles. The number of carbonyl (C=O) groups is 1. The molecule has 2 aromatic carbocycles. The van der Waals surface area contributed by atoms with Gasteiger partial charge in [0.25, 0.3) is 5.69 Å². The van der Waals surface area contributed by atoms with E-state index >= 15 is 0 Å². The molecule has 124 valence electrons. The van der Waals surface area contributed by atoms with Crippen molar-refractivity contribution in [1.29, 1.82) is 0 Å². The highest BCUT2D eigenvalue weighted by Gasteiger charge is 2.13. The predicted octanol–water partition coefficient (Wildman–Crippen LogP) is 2.63. The maximum Gasteiger partial charge on any atom is 0.276 e. The van der Waals surface area contributed by atoms with Crippen molar-refractivity contribution < 1.29 is 14.8 Å². The van der Waals surface area contributed by atoms with Crippen LogP contribution in [0, 0.1) is 10.1 Å². The average Bonchev–Trinajstić information content (AvgIpc) is 2.60. The molecule has 0 aromatic heterocycles. The standard InChI is InChI=1S/C18H18N2O4/c21-13-12-19(14-15-6-2-1-3-7-15)18(22)11-10-16-8-4-5-9-17(16)20(23)24/h1-11,21H,12-14H2/b11-10+. The Morgan fingerprint density at radius 1 is 1.12 bits per heavy atom. The van der Waals surface area contributed by atoms with Crippen molar-refractivity contribution in [1.82, 2.24) is 4.90 Å². The molecule has 6 nitrogen and oxygen atoms in total. The van der Waals surface area contributed by atoms with Crippen LogP contribution in [0.1, 0.15) is 11.1 Å². The number of carbonyl (C=O) groups excluding carboxylic acids is 1. The zero-order valence-corrected chi connectivity index (χ0v) is 13.0. The van der Waals surface area contributed by atoms with Gasteiger partial charge in [0.1, 0.15) is 0 Å². The normalized spacial score (nSPS) is 10.7. The van der Waals surface area contributed by atoms with E-state index in [1.807, 2.05) is 30.3 Å². The van der Waals surface area contributed by atoms with Gasteiger partial charge in [-0.1, -0.05) is 42.5 Å². The number of para-hydroxylation sites is 1. The van der Waals surface area contributed by atoms with Crippen molar-refractivity contribution in [3.8, 4) is 0 Å². The number of nitro groups is 1. The zero-order chi connectivity index (χ0) is 17.4. The van der Waals surface area contributed by atoms with Crippen LogP contribution in [0.5, 0.6) is 0 Å². The summed E-state index contributed by atoms with van der Waals surface area (Å²) in [5.41, 5.74) is 1.25. The van der Waals surface area contributed by atoms with Crippen molar-refractivity contribution >= 4 is 17.7 Å². The van der Waals surface area contributed by atoms with E-state index in [-0.39, 0.29) is 24.7 Å². The van der Waals surface area contributed by atoms with Crippen LogP contribution in [0.2, 0.25) is 0 Å². The topological polar surface area (TPSA) is 83.7 Å². The minimum absolute atomic E-state index is 0.0571. The molecule has 0 saturated carbocycles. The minimum Gasteiger partial charge on any atom is -0.395 e. The Labute approximate surface area is 139 Å². The number of hydrogen-bond acceptors (Lipinski definition) is 4. The second-order valence-corrected chi connectivity index (χ2v) is 5.12. The highest BCUT2D eigenvalue weighted by Crippen LogP contribution is 2.19. The number of amides is 1. The van der Waals surface area contributed by atoms with Gasteiger partial charge in [-0.25, -0.2) is 0 Å². The first-order valence-corrected chi connectivity index (χ1v) is 7.47. The van der Waals surface area contributed by atoms with Crippen LogP contribution >= 0.6 is 0 Å². The van der Waals surface area contributed by atoms with Crippen molar-refractivity contribution in [3.63, 3.8) is 0 Å². The maximum atomic E-state index is 12.4. The monoisotopic (exact) mass is 326 g/mol. The summed E-state index contributed by atoms with van der Waals surface area (Å²) in [6.07, 6.45) is 2.72. The smallest absolute Gasteiger partial charge is 0.276 e. The summed E-state index contributed by atoms with van der Waals surface area (Å²) in [6, 6.07) is 15.6. The third kappa shape index (κ3) is 4.76. The summed E-state index contributed by atoms with van der Waals surface area (Å²) in [7, 11) is 0. The number of aliphatic hydroxyl groups is 1. The number of hydrogen-bond donors (Lipinski definition) is 1. The molecule has 0 radical (unpaired) electrons. The first-order chi connectivity index (χ1) is 11.6. The van der Waals surface area contributed by atoms with Crippen LogP contribution in [0.25, 0.3) is 6.08 Å². The van der Waals surface area contributed by atoms with Gasteiger partial charge in [-0.05, 0) is 17.7 Å². The SMILES string of the molecule is O=C(/C=C/c1ccccc1[N+](=O)[O-])N(CCO)Cc1ccccc1. The molecule has 24 heavy (non-hydrogen) atoms. The fraction of sp³-hybridized carbons (Fsp3) is 0.167. The Balaban J connectivity index is 2.14. The summed E-state index contributed by atoms with van der Waals surface area (Å²) < 4.78 is 0. The number of nitro benzene ring substituents is 1. The van der Waals surface area contributed by atoms with Gasteiger partial charge in [-0.3, -0.25) is 14.9 Å². The van der Waals surface area contributed by atoms with Crippen LogP contribution in [0.15, 0.2) is 60.7 Å². The van der Waals surface area contributed by atoms with E-state index in [4.69, 9.17) is 5.11 Å². The molecule has 0 aliphatic rings. The van der Waals surface area contributed by atoms with Crippen LogP contribution in [-0.2, 0) is 11.3 Å². The molecular formula is C18H18N2O4. The third-order valence-electron chi connectivity index (χ3n) is 3.44. The molecule has 0 bridgehead atoms. The van der Waals surface area contributed by atoms with Gasteiger partial charge in [0.05, 0.1) is 17.1 Å². The van der Waals surface area contributed by atoms with Gasteiger partial charge in [-0.15, -0.1) is 0 Å². The van der Waals surface area contributed by atoms with E-state index in [1.165, 1.54) is 23.1 Å². The summed E-state index contributed by atoms with van der Waals surface area (Å²) in [6.45, 7) is 0.397. The van der Waals surface area contributed by atoms with E-state index in [2.05, 4.69) is 0 Å². The molecule has 0 atom stereocenters. The van der Waals surface area contributed by atoms with Crippen LogP contribution in [-0.4, -0.2) is 34.0 Å². The van der Waals surface area contributed by atoms with Crippen LogP contribution in [0.3, 0.4) is 0 Å². The molecule has 0 spiro atoms. The molecule has 0 fully saturated rings. The van der Waals surface area contributed by atoms with Crippen LogP contribution < -0.4 is 0 Å². The third-order valence-corrected chi connectivity index (χ3v) is 3.44. The van der Waals surface area contributed by atoms with Crippen LogP contribution in [0.4, 0.5) is 5.69 Å². The number of aliphatic hydroxyl groups excluding tert-OH is 1. The van der Waals surface area contributed by atoms with Crippen molar-refractivity contribution in [3.05, 3.63) is 81.9 Å². The molecule has 0 aliphatic carbocycles. The lowest BCUT2D eigenvalue weighted by molar-refractivity contribution is -0.385. The predicted molar refractivity (Wildman–Crippen MR) is 91.1 cm³/mol. The van der Waals surface area contributed by atoms with Gasteiger partial charge in [-0.2, -0.15) is 0 Å². The van der Waals surface area contributed by atoms with E-state index in [9.17, 15) is 14.9 Å². The Morgan fingerprint density at radius 2 is 1.79 bits per heavy atom. The average molecular weight is 326 g/mol. The minimum atomic E-state index is -0.486. The molecule has 1 N–H and O–H groups in total. The molecule has 0 saturated heterocycles. The van der Waals surface area contributed by atoms with E-state index in [0.717, 1.165) is 5.56 Å². The molecule has 2 aromatic rings. The fourth-order valence-electron chi connectivity index (χ4n) is 2.25. The number of benzene rings is 2.